The first-order valence-electron chi connectivity index (χ1n) is 8.00. The van der Waals surface area contributed by atoms with Crippen molar-refractivity contribution in [2.45, 2.75) is 32.6 Å². The Bertz CT molecular complexity index is 569. The molecule has 0 aliphatic carbocycles. The molecule has 3 heterocycles. The molecule has 2 saturated heterocycles. The molecule has 22 heavy (non-hydrogen) atoms. The summed E-state index contributed by atoms with van der Waals surface area (Å²) in [5.74, 6) is 0.489. The quantitative estimate of drug-likeness (QED) is 0.839. The normalized spacial score (nSPS) is 21.4. The first kappa shape index (κ1) is 14.9. The Kier molecular flexibility index (Phi) is 4.36. The first-order chi connectivity index (χ1) is 10.6. The van der Waals surface area contributed by atoms with Gasteiger partial charge in [-0.2, -0.15) is 0 Å². The lowest BCUT2D eigenvalue weighted by Crippen LogP contribution is -2.30. The summed E-state index contributed by atoms with van der Waals surface area (Å²) >= 11 is 0. The Balaban J connectivity index is 1.71. The fraction of sp³-hybridized carbons (Fsp3) is 0.625. The van der Waals surface area contributed by atoms with Gasteiger partial charge in [0.1, 0.15) is 5.69 Å². The van der Waals surface area contributed by atoms with Crippen molar-refractivity contribution < 1.29 is 9.59 Å². The lowest BCUT2D eigenvalue weighted by atomic mass is 10.0. The van der Waals surface area contributed by atoms with E-state index in [1.165, 1.54) is 0 Å². The number of likely N-dealkylation sites (tertiary alicyclic amines) is 2. The summed E-state index contributed by atoms with van der Waals surface area (Å²) in [5.41, 5.74) is 1.26. The van der Waals surface area contributed by atoms with Gasteiger partial charge in [0.05, 0.1) is 5.69 Å². The smallest absolute Gasteiger partial charge is 0.274 e. The SMILES string of the molecule is CC(=O)N1CC[C@H](Cc2nccnc2C(=O)N2CCCC2)C1. The van der Waals surface area contributed by atoms with Crippen molar-refractivity contribution in [2.24, 2.45) is 5.92 Å². The van der Waals surface area contributed by atoms with Crippen LogP contribution in [0.2, 0.25) is 0 Å². The Morgan fingerprint density at radius 3 is 2.55 bits per heavy atom. The topological polar surface area (TPSA) is 66.4 Å². The van der Waals surface area contributed by atoms with E-state index >= 15 is 0 Å². The second kappa shape index (κ2) is 6.42. The second-order valence-electron chi connectivity index (χ2n) is 6.17. The highest BCUT2D eigenvalue weighted by molar-refractivity contribution is 5.93. The van der Waals surface area contributed by atoms with E-state index in [1.54, 1.807) is 19.3 Å². The number of rotatable bonds is 3. The Morgan fingerprint density at radius 1 is 1.14 bits per heavy atom. The molecule has 0 saturated carbocycles. The minimum atomic E-state index is 0.00187. The van der Waals surface area contributed by atoms with Crippen LogP contribution in [0.4, 0.5) is 0 Å². The molecule has 0 spiro atoms. The van der Waals surface area contributed by atoms with Crippen LogP contribution in [0.3, 0.4) is 0 Å². The van der Waals surface area contributed by atoms with Gasteiger partial charge in [0.15, 0.2) is 0 Å². The highest BCUT2D eigenvalue weighted by Gasteiger charge is 2.28. The minimum absolute atomic E-state index is 0.00187. The lowest BCUT2D eigenvalue weighted by Gasteiger charge is -2.17. The zero-order valence-electron chi connectivity index (χ0n) is 13.0. The number of amides is 2. The second-order valence-corrected chi connectivity index (χ2v) is 6.17. The molecule has 6 heteroatoms. The number of aromatic nitrogens is 2. The highest BCUT2D eigenvalue weighted by Crippen LogP contribution is 2.22. The molecule has 3 rings (SSSR count). The van der Waals surface area contributed by atoms with E-state index in [-0.39, 0.29) is 11.8 Å². The third-order valence-corrected chi connectivity index (χ3v) is 4.58. The van der Waals surface area contributed by atoms with Crippen molar-refractivity contribution in [1.82, 2.24) is 19.8 Å². The molecular formula is C16H22N4O2. The minimum Gasteiger partial charge on any atom is -0.343 e. The van der Waals surface area contributed by atoms with E-state index in [1.807, 2.05) is 9.80 Å². The fourth-order valence-corrected chi connectivity index (χ4v) is 3.32. The zero-order chi connectivity index (χ0) is 15.5. The summed E-state index contributed by atoms with van der Waals surface area (Å²) in [4.78, 5) is 36.4. The third kappa shape index (κ3) is 3.10. The predicted octanol–water partition coefficient (Wildman–Crippen LogP) is 1.12. The van der Waals surface area contributed by atoms with Crippen LogP contribution in [-0.4, -0.2) is 57.8 Å². The summed E-state index contributed by atoms with van der Waals surface area (Å²) in [7, 11) is 0. The van der Waals surface area contributed by atoms with Crippen molar-refractivity contribution in [3.63, 3.8) is 0 Å². The van der Waals surface area contributed by atoms with Crippen LogP contribution in [0.5, 0.6) is 0 Å². The molecule has 2 amide bonds. The van der Waals surface area contributed by atoms with Crippen molar-refractivity contribution in [2.75, 3.05) is 26.2 Å². The summed E-state index contributed by atoms with van der Waals surface area (Å²) in [6.45, 7) is 4.79. The van der Waals surface area contributed by atoms with E-state index in [0.29, 0.717) is 18.0 Å². The van der Waals surface area contributed by atoms with Gasteiger partial charge in [0, 0.05) is 45.5 Å². The zero-order valence-corrected chi connectivity index (χ0v) is 13.0. The van der Waals surface area contributed by atoms with E-state index in [4.69, 9.17) is 0 Å². The molecule has 1 atom stereocenters. The van der Waals surface area contributed by atoms with Gasteiger partial charge in [0.25, 0.3) is 5.91 Å². The van der Waals surface area contributed by atoms with Crippen LogP contribution in [0.25, 0.3) is 0 Å². The fourth-order valence-electron chi connectivity index (χ4n) is 3.32. The molecule has 0 unspecified atom stereocenters. The van der Waals surface area contributed by atoms with Gasteiger partial charge < -0.3 is 9.80 Å². The van der Waals surface area contributed by atoms with Gasteiger partial charge in [0.2, 0.25) is 5.91 Å². The average Bonchev–Trinajstić information content (AvgIpc) is 3.18. The molecule has 6 nitrogen and oxygen atoms in total. The number of hydrogen-bond donors (Lipinski definition) is 0. The molecule has 2 fully saturated rings. The Morgan fingerprint density at radius 2 is 1.86 bits per heavy atom. The van der Waals surface area contributed by atoms with Gasteiger partial charge >= 0.3 is 0 Å². The van der Waals surface area contributed by atoms with Crippen LogP contribution in [0.15, 0.2) is 12.4 Å². The highest BCUT2D eigenvalue weighted by atomic mass is 16.2. The van der Waals surface area contributed by atoms with Gasteiger partial charge in [-0.15, -0.1) is 0 Å². The first-order valence-corrected chi connectivity index (χ1v) is 8.00. The number of hydrogen-bond acceptors (Lipinski definition) is 4. The van der Waals surface area contributed by atoms with E-state index in [9.17, 15) is 9.59 Å². The summed E-state index contributed by atoms with van der Waals surface area (Å²) < 4.78 is 0. The molecule has 1 aromatic rings. The van der Waals surface area contributed by atoms with Gasteiger partial charge in [-0.1, -0.05) is 0 Å². The maximum Gasteiger partial charge on any atom is 0.274 e. The summed E-state index contributed by atoms with van der Waals surface area (Å²) in [6.07, 6.45) is 7.05. The number of nitrogens with zero attached hydrogens (tertiary/aromatic N) is 4. The Hall–Kier alpha value is -1.98. The van der Waals surface area contributed by atoms with E-state index < -0.39 is 0 Å². The van der Waals surface area contributed by atoms with Crippen molar-refractivity contribution >= 4 is 11.8 Å². The molecule has 2 aliphatic heterocycles. The third-order valence-electron chi connectivity index (χ3n) is 4.58. The summed E-state index contributed by atoms with van der Waals surface area (Å²) in [5, 5.41) is 0. The molecule has 0 N–H and O–H groups in total. The van der Waals surface area contributed by atoms with Crippen LogP contribution in [0, 0.1) is 5.92 Å². The molecule has 0 aromatic carbocycles. The van der Waals surface area contributed by atoms with Gasteiger partial charge in [-0.25, -0.2) is 4.98 Å². The van der Waals surface area contributed by atoms with Crippen molar-refractivity contribution in [3.8, 4) is 0 Å². The van der Waals surface area contributed by atoms with Crippen molar-refractivity contribution in [3.05, 3.63) is 23.8 Å². The molecule has 0 radical (unpaired) electrons. The molecule has 2 aliphatic rings. The molecule has 1 aromatic heterocycles. The molecule has 0 bridgehead atoms. The van der Waals surface area contributed by atoms with Gasteiger partial charge in [-0.3, -0.25) is 14.6 Å². The average molecular weight is 302 g/mol. The standard InChI is InChI=1S/C16H22N4O2/c1-12(21)20-9-4-13(11-20)10-14-15(18-6-5-17-14)16(22)19-7-2-3-8-19/h5-6,13H,2-4,7-11H2,1H3/t13-/m1/s1. The monoisotopic (exact) mass is 302 g/mol. The maximum atomic E-state index is 12.6. The molecular weight excluding hydrogens is 280 g/mol. The van der Waals surface area contributed by atoms with Crippen LogP contribution in [0.1, 0.15) is 42.4 Å². The number of carbonyl (C=O) groups is 2. The molecule has 118 valence electrons. The maximum absolute atomic E-state index is 12.6. The lowest BCUT2D eigenvalue weighted by molar-refractivity contribution is -0.127. The predicted molar refractivity (Wildman–Crippen MR) is 81.2 cm³/mol. The van der Waals surface area contributed by atoms with Crippen LogP contribution in [-0.2, 0) is 11.2 Å². The van der Waals surface area contributed by atoms with Crippen LogP contribution < -0.4 is 0 Å². The van der Waals surface area contributed by atoms with Crippen molar-refractivity contribution in [1.29, 1.82) is 0 Å². The van der Waals surface area contributed by atoms with Gasteiger partial charge in [-0.05, 0) is 31.6 Å². The van der Waals surface area contributed by atoms with E-state index in [0.717, 1.165) is 51.1 Å². The number of carbonyl (C=O) groups excluding carboxylic acids is 2. The van der Waals surface area contributed by atoms with Crippen LogP contribution >= 0.6 is 0 Å². The summed E-state index contributed by atoms with van der Waals surface area (Å²) in [6, 6.07) is 0. The van der Waals surface area contributed by atoms with E-state index in [2.05, 4.69) is 9.97 Å². The largest absolute Gasteiger partial charge is 0.343 e. The Labute approximate surface area is 130 Å².